The van der Waals surface area contributed by atoms with Gasteiger partial charge in [-0.25, -0.2) is 4.79 Å². The van der Waals surface area contributed by atoms with Crippen LogP contribution in [0.3, 0.4) is 0 Å². The van der Waals surface area contributed by atoms with Gasteiger partial charge in [0, 0.05) is 19.3 Å². The number of carbonyl (C=O) groups is 10. The molecule has 3 aromatic rings. The summed E-state index contributed by atoms with van der Waals surface area (Å²) < 4.78 is 0. The van der Waals surface area contributed by atoms with E-state index >= 15 is 0 Å². The first kappa shape index (κ1) is 57.4. The number of aliphatic hydroxyl groups excluding tert-OH is 2. The third kappa shape index (κ3) is 19.9. The molecule has 24 heteroatoms. The van der Waals surface area contributed by atoms with Crippen molar-refractivity contribution in [3.05, 3.63) is 102 Å². The lowest BCUT2D eigenvalue weighted by Crippen LogP contribution is -2.60. The van der Waals surface area contributed by atoms with E-state index in [1.165, 1.54) is 24.3 Å². The molecule has 0 aromatic heterocycles. The van der Waals surface area contributed by atoms with Crippen LogP contribution in [0.25, 0.3) is 0 Å². The quantitative estimate of drug-likeness (QED) is 0.0335. The van der Waals surface area contributed by atoms with Crippen LogP contribution in [0.15, 0.2) is 84.9 Å². The van der Waals surface area contributed by atoms with Crippen molar-refractivity contribution >= 4 is 59.2 Å². The fourth-order valence-corrected chi connectivity index (χ4v) is 6.57. The molecule has 0 saturated heterocycles. The number of phenols is 1. The molecule has 15 N–H and O–H groups in total. The maximum Gasteiger partial charge on any atom is 0.326 e. The van der Waals surface area contributed by atoms with E-state index in [9.17, 15) is 73.5 Å². The van der Waals surface area contributed by atoms with Crippen LogP contribution in [0.2, 0.25) is 0 Å². The molecule has 3 aromatic carbocycles. The number of nitrogens with one attached hydrogen (secondary N) is 8. The van der Waals surface area contributed by atoms with E-state index in [2.05, 4.69) is 42.5 Å². The Balaban J connectivity index is 1.74. The fourth-order valence-electron chi connectivity index (χ4n) is 6.57. The van der Waals surface area contributed by atoms with Crippen molar-refractivity contribution in [1.29, 1.82) is 0 Å². The summed E-state index contributed by atoms with van der Waals surface area (Å²) >= 11 is 0. The van der Waals surface area contributed by atoms with Crippen molar-refractivity contribution in [3.8, 4) is 5.75 Å². The summed E-state index contributed by atoms with van der Waals surface area (Å²) in [6.07, 6.45) is -3.15. The number of benzene rings is 3. The first-order valence-electron chi connectivity index (χ1n) is 22.3. The van der Waals surface area contributed by atoms with Crippen LogP contribution in [0.4, 0.5) is 0 Å². The predicted molar refractivity (Wildman–Crippen MR) is 251 cm³/mol. The van der Waals surface area contributed by atoms with E-state index in [-0.39, 0.29) is 30.9 Å². The van der Waals surface area contributed by atoms with Gasteiger partial charge in [-0.3, -0.25) is 43.2 Å². The van der Waals surface area contributed by atoms with Gasteiger partial charge in [-0.2, -0.15) is 0 Å². The highest BCUT2D eigenvalue weighted by atomic mass is 16.4. The minimum absolute atomic E-state index is 0.0892. The number of aliphatic carboxylic acids is 2. The lowest BCUT2D eigenvalue weighted by Gasteiger charge is -2.26. The van der Waals surface area contributed by atoms with E-state index in [0.717, 1.165) is 6.92 Å². The maximum atomic E-state index is 14.1. The molecule has 0 fully saturated rings. The summed E-state index contributed by atoms with van der Waals surface area (Å²) in [5.74, 6) is -11.2. The molecule has 0 aliphatic rings. The predicted octanol–water partition coefficient (Wildman–Crippen LogP) is -3.52. The number of amides is 8. The van der Waals surface area contributed by atoms with Gasteiger partial charge in [0.2, 0.25) is 47.3 Å². The van der Waals surface area contributed by atoms with Gasteiger partial charge in [0.1, 0.15) is 42.0 Å². The van der Waals surface area contributed by atoms with Crippen LogP contribution in [-0.2, 0) is 67.2 Å². The third-order valence-electron chi connectivity index (χ3n) is 10.6. The third-order valence-corrected chi connectivity index (χ3v) is 10.6. The van der Waals surface area contributed by atoms with Gasteiger partial charge in [0.05, 0.1) is 38.3 Å². The lowest BCUT2D eigenvalue weighted by atomic mass is 10.0. The molecule has 0 aliphatic heterocycles. The minimum atomic E-state index is -1.84. The summed E-state index contributed by atoms with van der Waals surface area (Å²) in [5, 5.41) is 67.6. The molecule has 0 radical (unpaired) electrons. The van der Waals surface area contributed by atoms with Crippen molar-refractivity contribution in [2.45, 2.75) is 94.9 Å². The highest BCUT2D eigenvalue weighted by Gasteiger charge is 2.34. The van der Waals surface area contributed by atoms with Crippen molar-refractivity contribution in [3.63, 3.8) is 0 Å². The first-order chi connectivity index (χ1) is 33.6. The molecule has 0 heterocycles. The number of hydrogen-bond donors (Lipinski definition) is 14. The molecule has 0 aliphatic carbocycles. The number of aromatic hydroxyl groups is 1. The Morgan fingerprint density at radius 2 is 0.944 bits per heavy atom. The standard InChI is InChI=1S/C47H61N9O15/c1-25(2)39(48)45(68)55-35(24-57)44(67)56-40(26(3)58)46(69)50-22-36(60)49-23-37(61)51-31(18-27-10-6-4-7-11-27)41(64)52-32(19-28-12-8-5-9-13-28)42(65)53-33(21-38(62)63)43(66)54-34(47(70)71)20-29-14-16-30(59)17-15-29/h4-17,25-26,31-35,39-40,57-59H,18-24,48H2,1-3H3,(H,49,60)(H,50,69)(H,51,61)(H,52,64)(H,53,65)(H,54,66)(H,55,68)(H,56,67)(H,62,63)(H,70,71)/t26-,31+,32+,33+,34+,35+,39+,40+/m1/s1. The summed E-state index contributed by atoms with van der Waals surface area (Å²) in [6.45, 7) is 2.09. The molecule has 384 valence electrons. The maximum absolute atomic E-state index is 14.1. The van der Waals surface area contributed by atoms with Crippen molar-refractivity contribution < 1.29 is 73.5 Å². The van der Waals surface area contributed by atoms with Gasteiger partial charge in [0.15, 0.2) is 0 Å². The number of carboxylic acids is 2. The van der Waals surface area contributed by atoms with Crippen molar-refractivity contribution in [1.82, 2.24) is 42.5 Å². The Labute approximate surface area is 407 Å². The van der Waals surface area contributed by atoms with Gasteiger partial charge < -0.3 is 73.8 Å². The van der Waals surface area contributed by atoms with Crippen LogP contribution in [0.1, 0.15) is 43.9 Å². The van der Waals surface area contributed by atoms with Gasteiger partial charge in [0.25, 0.3) is 0 Å². The Kier molecular flexibility index (Phi) is 23.0. The molecule has 0 spiro atoms. The zero-order valence-corrected chi connectivity index (χ0v) is 39.1. The van der Waals surface area contributed by atoms with E-state index in [4.69, 9.17) is 5.73 Å². The van der Waals surface area contributed by atoms with Gasteiger partial charge in [-0.1, -0.05) is 86.6 Å². The van der Waals surface area contributed by atoms with Crippen LogP contribution < -0.4 is 48.3 Å². The molecular formula is C47H61N9O15. The average molecular weight is 992 g/mol. The zero-order chi connectivity index (χ0) is 52.8. The van der Waals surface area contributed by atoms with Crippen LogP contribution in [0, 0.1) is 5.92 Å². The summed E-state index contributed by atoms with van der Waals surface area (Å²) in [4.78, 5) is 130. The molecule has 8 atom stereocenters. The van der Waals surface area contributed by atoms with E-state index in [0.29, 0.717) is 16.7 Å². The smallest absolute Gasteiger partial charge is 0.326 e. The number of phenolic OH excluding ortho intramolecular Hbond substituents is 1. The molecular weight excluding hydrogens is 931 g/mol. The largest absolute Gasteiger partial charge is 0.508 e. The Morgan fingerprint density at radius 1 is 0.507 bits per heavy atom. The molecule has 3 rings (SSSR count). The second kappa shape index (κ2) is 28.5. The molecule has 0 unspecified atom stereocenters. The normalized spacial score (nSPS) is 14.3. The Hall–Kier alpha value is -7.96. The number of carboxylic acid groups (broad SMARTS) is 2. The van der Waals surface area contributed by atoms with Gasteiger partial charge >= 0.3 is 11.9 Å². The summed E-state index contributed by atoms with van der Waals surface area (Å²) in [6, 6.07) is 11.5. The number of carbonyl (C=O) groups excluding carboxylic acids is 8. The van der Waals surface area contributed by atoms with Gasteiger partial charge in [-0.05, 0) is 41.7 Å². The number of rotatable bonds is 28. The minimum Gasteiger partial charge on any atom is -0.508 e. The second-order valence-electron chi connectivity index (χ2n) is 16.7. The molecule has 0 saturated carbocycles. The molecule has 71 heavy (non-hydrogen) atoms. The number of hydrogen-bond acceptors (Lipinski definition) is 14. The number of nitrogens with two attached hydrogens (primary N) is 1. The van der Waals surface area contributed by atoms with Crippen molar-refractivity contribution in [2.24, 2.45) is 11.7 Å². The second-order valence-corrected chi connectivity index (χ2v) is 16.7. The molecule has 8 amide bonds. The highest BCUT2D eigenvalue weighted by molar-refractivity contribution is 5.98. The van der Waals surface area contributed by atoms with E-state index in [1.807, 2.05) is 0 Å². The summed E-state index contributed by atoms with van der Waals surface area (Å²) in [5.41, 5.74) is 7.26. The lowest BCUT2D eigenvalue weighted by molar-refractivity contribution is -0.143. The van der Waals surface area contributed by atoms with Crippen LogP contribution in [-0.4, -0.2) is 153 Å². The Morgan fingerprint density at radius 3 is 1.44 bits per heavy atom. The average Bonchev–Trinajstić information content (AvgIpc) is 3.32. The van der Waals surface area contributed by atoms with Crippen molar-refractivity contribution in [2.75, 3.05) is 19.7 Å². The van der Waals surface area contributed by atoms with Gasteiger partial charge in [-0.15, -0.1) is 0 Å². The van der Waals surface area contributed by atoms with Crippen LogP contribution >= 0.6 is 0 Å². The first-order valence-corrected chi connectivity index (χ1v) is 22.3. The highest BCUT2D eigenvalue weighted by Crippen LogP contribution is 2.13. The van der Waals surface area contributed by atoms with E-state index < -0.39 is 134 Å². The SMILES string of the molecule is CC(C)[C@H](N)C(=O)N[C@@H](CO)C(=O)N[C@H](C(=O)NCC(=O)NCC(=O)N[C@@H](Cc1ccccc1)C(=O)N[C@@H](Cc1ccccc1)C(=O)N[C@@H](CC(=O)O)C(=O)N[C@@H](Cc1ccc(O)cc1)C(=O)O)[C@@H](C)O. The zero-order valence-electron chi connectivity index (χ0n) is 39.1. The van der Waals surface area contributed by atoms with Crippen LogP contribution in [0.5, 0.6) is 5.75 Å². The summed E-state index contributed by atoms with van der Waals surface area (Å²) in [7, 11) is 0. The molecule has 24 nitrogen and oxygen atoms in total. The number of aliphatic hydroxyl groups is 2. The molecule has 0 bridgehead atoms. The van der Waals surface area contributed by atoms with E-state index in [1.54, 1.807) is 74.5 Å². The topological polar surface area (TPSA) is 394 Å². The fraction of sp³-hybridized carbons (Fsp3) is 0.404. The Bertz CT molecular complexity index is 2320. The monoisotopic (exact) mass is 991 g/mol.